The number of fused-ring (bicyclic) bond motifs is 1. The highest BCUT2D eigenvalue weighted by molar-refractivity contribution is 5.43. The Kier molecular flexibility index (Phi) is 4.35. The van der Waals surface area contributed by atoms with Gasteiger partial charge in [-0.15, -0.1) is 0 Å². The minimum absolute atomic E-state index is 0.211. The highest BCUT2D eigenvalue weighted by Crippen LogP contribution is 2.44. The molecule has 0 saturated carbocycles. The van der Waals surface area contributed by atoms with Crippen molar-refractivity contribution in [2.75, 3.05) is 7.11 Å². The van der Waals surface area contributed by atoms with Crippen LogP contribution in [0, 0.1) is 0 Å². The standard InChI is InChI=1S/C16H24O3/c1-4-6-9-16(5-2)11-14(17)13-10-12(18-3)7-8-15(13)19-16/h7-8,10,14,17H,4-6,9,11H2,1-3H3/t14-,16?/m0/s1. The summed E-state index contributed by atoms with van der Waals surface area (Å²) in [5, 5.41) is 10.4. The highest BCUT2D eigenvalue weighted by Gasteiger charge is 2.38. The summed E-state index contributed by atoms with van der Waals surface area (Å²) < 4.78 is 11.4. The van der Waals surface area contributed by atoms with Gasteiger partial charge >= 0.3 is 0 Å². The molecule has 3 nitrogen and oxygen atoms in total. The van der Waals surface area contributed by atoms with Crippen molar-refractivity contribution in [1.82, 2.24) is 0 Å². The van der Waals surface area contributed by atoms with Crippen LogP contribution in [0.1, 0.15) is 57.6 Å². The summed E-state index contributed by atoms with van der Waals surface area (Å²) in [5.74, 6) is 1.57. The molecule has 3 heteroatoms. The van der Waals surface area contributed by atoms with Crippen molar-refractivity contribution in [3.8, 4) is 11.5 Å². The van der Waals surface area contributed by atoms with Crippen LogP contribution in [0.5, 0.6) is 11.5 Å². The van der Waals surface area contributed by atoms with Gasteiger partial charge < -0.3 is 14.6 Å². The van der Waals surface area contributed by atoms with E-state index in [1.165, 1.54) is 0 Å². The number of ether oxygens (including phenoxy) is 2. The molecule has 19 heavy (non-hydrogen) atoms. The Balaban J connectivity index is 2.27. The van der Waals surface area contributed by atoms with Crippen molar-refractivity contribution >= 4 is 0 Å². The lowest BCUT2D eigenvalue weighted by molar-refractivity contribution is -0.0242. The zero-order chi connectivity index (χ0) is 13.9. The molecular formula is C16H24O3. The van der Waals surface area contributed by atoms with E-state index in [1.807, 2.05) is 18.2 Å². The predicted molar refractivity (Wildman–Crippen MR) is 75.7 cm³/mol. The minimum atomic E-state index is -0.462. The van der Waals surface area contributed by atoms with Crippen LogP contribution < -0.4 is 9.47 Å². The van der Waals surface area contributed by atoms with Crippen LogP contribution in [0.2, 0.25) is 0 Å². The van der Waals surface area contributed by atoms with E-state index < -0.39 is 6.10 Å². The van der Waals surface area contributed by atoms with Crippen molar-refractivity contribution in [1.29, 1.82) is 0 Å². The smallest absolute Gasteiger partial charge is 0.126 e. The van der Waals surface area contributed by atoms with Crippen molar-refractivity contribution in [3.63, 3.8) is 0 Å². The van der Waals surface area contributed by atoms with Crippen molar-refractivity contribution in [3.05, 3.63) is 23.8 Å². The van der Waals surface area contributed by atoms with E-state index in [0.29, 0.717) is 6.42 Å². The molecule has 106 valence electrons. The number of hydrogen-bond donors (Lipinski definition) is 1. The van der Waals surface area contributed by atoms with Crippen LogP contribution in [-0.4, -0.2) is 17.8 Å². The van der Waals surface area contributed by atoms with Gasteiger partial charge in [-0.2, -0.15) is 0 Å². The monoisotopic (exact) mass is 264 g/mol. The second-order valence-electron chi connectivity index (χ2n) is 5.37. The fourth-order valence-electron chi connectivity index (χ4n) is 2.79. The van der Waals surface area contributed by atoms with Gasteiger partial charge in [0.2, 0.25) is 0 Å². The Hall–Kier alpha value is -1.22. The first-order chi connectivity index (χ1) is 9.14. The van der Waals surface area contributed by atoms with Crippen LogP contribution in [0.15, 0.2) is 18.2 Å². The molecule has 0 aliphatic carbocycles. The highest BCUT2D eigenvalue weighted by atomic mass is 16.5. The number of aliphatic hydroxyl groups is 1. The van der Waals surface area contributed by atoms with Crippen LogP contribution in [0.3, 0.4) is 0 Å². The van der Waals surface area contributed by atoms with Gasteiger partial charge in [0, 0.05) is 12.0 Å². The first-order valence-corrected chi connectivity index (χ1v) is 7.19. The first-order valence-electron chi connectivity index (χ1n) is 7.19. The maximum atomic E-state index is 10.4. The normalized spacial score (nSPS) is 25.6. The van der Waals surface area contributed by atoms with E-state index in [0.717, 1.165) is 42.7 Å². The fourth-order valence-corrected chi connectivity index (χ4v) is 2.79. The van der Waals surface area contributed by atoms with Gasteiger partial charge in [-0.1, -0.05) is 20.3 Å². The molecule has 0 radical (unpaired) electrons. The Morgan fingerprint density at radius 1 is 1.42 bits per heavy atom. The third kappa shape index (κ3) is 2.86. The van der Waals surface area contributed by atoms with Gasteiger partial charge in [-0.3, -0.25) is 0 Å². The quantitative estimate of drug-likeness (QED) is 0.878. The summed E-state index contributed by atoms with van der Waals surface area (Å²) in [5.41, 5.74) is 0.636. The Morgan fingerprint density at radius 3 is 2.84 bits per heavy atom. The SMILES string of the molecule is CCCCC1(CC)C[C@H](O)c2cc(OC)ccc2O1. The number of hydrogen-bond acceptors (Lipinski definition) is 3. The average molecular weight is 264 g/mol. The Bertz CT molecular complexity index is 430. The molecule has 1 unspecified atom stereocenters. The first kappa shape index (κ1) is 14.2. The summed E-state index contributed by atoms with van der Waals surface area (Å²) in [4.78, 5) is 0. The van der Waals surface area contributed by atoms with E-state index in [1.54, 1.807) is 7.11 Å². The predicted octanol–water partition coefficient (Wildman–Crippen LogP) is 3.85. The third-order valence-corrected chi connectivity index (χ3v) is 4.10. The third-order valence-electron chi connectivity index (χ3n) is 4.10. The zero-order valence-corrected chi connectivity index (χ0v) is 12.1. The summed E-state index contributed by atoms with van der Waals surface area (Å²) in [6.07, 6.45) is 4.42. The number of methoxy groups -OCH3 is 1. The van der Waals surface area contributed by atoms with E-state index in [2.05, 4.69) is 13.8 Å². The van der Waals surface area contributed by atoms with Gasteiger partial charge in [0.15, 0.2) is 0 Å². The number of aliphatic hydroxyl groups excluding tert-OH is 1. The number of rotatable bonds is 5. The largest absolute Gasteiger partial charge is 0.497 e. The molecule has 1 aliphatic heterocycles. The lowest BCUT2D eigenvalue weighted by atomic mass is 9.83. The van der Waals surface area contributed by atoms with Crippen molar-refractivity contribution in [2.24, 2.45) is 0 Å². The topological polar surface area (TPSA) is 38.7 Å². The van der Waals surface area contributed by atoms with Crippen LogP contribution in [0.25, 0.3) is 0 Å². The maximum absolute atomic E-state index is 10.4. The summed E-state index contributed by atoms with van der Waals surface area (Å²) in [6, 6.07) is 5.67. The fraction of sp³-hybridized carbons (Fsp3) is 0.625. The van der Waals surface area contributed by atoms with Crippen LogP contribution >= 0.6 is 0 Å². The van der Waals surface area contributed by atoms with E-state index in [9.17, 15) is 5.11 Å². The summed E-state index contributed by atoms with van der Waals surface area (Å²) in [6.45, 7) is 4.32. The average Bonchev–Trinajstić information content (AvgIpc) is 2.45. The number of unbranched alkanes of at least 4 members (excludes halogenated alkanes) is 1. The van der Waals surface area contributed by atoms with Gasteiger partial charge in [-0.25, -0.2) is 0 Å². The van der Waals surface area contributed by atoms with Crippen molar-refractivity contribution in [2.45, 2.75) is 57.7 Å². The number of benzene rings is 1. The molecule has 1 aliphatic rings. The van der Waals surface area contributed by atoms with Crippen LogP contribution in [-0.2, 0) is 0 Å². The Morgan fingerprint density at radius 2 is 2.21 bits per heavy atom. The van der Waals surface area contributed by atoms with E-state index in [-0.39, 0.29) is 5.60 Å². The van der Waals surface area contributed by atoms with Gasteiger partial charge in [0.25, 0.3) is 0 Å². The molecule has 2 rings (SSSR count). The molecule has 0 aromatic heterocycles. The molecular weight excluding hydrogens is 240 g/mol. The molecule has 2 atom stereocenters. The molecule has 1 N–H and O–H groups in total. The second-order valence-corrected chi connectivity index (χ2v) is 5.37. The maximum Gasteiger partial charge on any atom is 0.126 e. The van der Waals surface area contributed by atoms with Crippen LogP contribution in [0.4, 0.5) is 0 Å². The molecule has 0 spiro atoms. The zero-order valence-electron chi connectivity index (χ0n) is 12.1. The summed E-state index contributed by atoms with van der Waals surface area (Å²) >= 11 is 0. The Labute approximate surface area is 115 Å². The van der Waals surface area contributed by atoms with Gasteiger partial charge in [-0.05, 0) is 37.5 Å². The lowest BCUT2D eigenvalue weighted by Gasteiger charge is -2.40. The van der Waals surface area contributed by atoms with Gasteiger partial charge in [0.05, 0.1) is 13.2 Å². The molecule has 1 heterocycles. The minimum Gasteiger partial charge on any atom is -0.497 e. The molecule has 0 fully saturated rings. The molecule has 0 saturated heterocycles. The van der Waals surface area contributed by atoms with Crippen molar-refractivity contribution < 1.29 is 14.6 Å². The van der Waals surface area contributed by atoms with E-state index in [4.69, 9.17) is 9.47 Å². The second kappa shape index (κ2) is 5.83. The molecule has 1 aromatic carbocycles. The van der Waals surface area contributed by atoms with Gasteiger partial charge in [0.1, 0.15) is 17.1 Å². The lowest BCUT2D eigenvalue weighted by Crippen LogP contribution is -2.40. The molecule has 1 aromatic rings. The summed E-state index contributed by atoms with van der Waals surface area (Å²) in [7, 11) is 1.63. The molecule has 0 amide bonds. The van der Waals surface area contributed by atoms with E-state index >= 15 is 0 Å². The molecule has 0 bridgehead atoms.